The Balaban J connectivity index is 2.06. The van der Waals surface area contributed by atoms with Gasteiger partial charge in [-0.05, 0) is 18.2 Å². The predicted molar refractivity (Wildman–Crippen MR) is 64.8 cm³/mol. The second kappa shape index (κ2) is 5.60. The highest BCUT2D eigenvalue weighted by Gasteiger charge is 2.13. The van der Waals surface area contributed by atoms with Crippen LogP contribution in [0.3, 0.4) is 0 Å². The Kier molecular flexibility index (Phi) is 3.89. The summed E-state index contributed by atoms with van der Waals surface area (Å²) in [5.41, 5.74) is 0.473. The smallest absolute Gasteiger partial charge is 0.341 e. The van der Waals surface area contributed by atoms with Gasteiger partial charge >= 0.3 is 5.97 Å². The molecule has 0 bridgehead atoms. The minimum absolute atomic E-state index is 0.0658. The van der Waals surface area contributed by atoms with Crippen molar-refractivity contribution in [2.45, 2.75) is 6.61 Å². The molecule has 0 radical (unpaired) electrons. The average Bonchev–Trinajstić information content (AvgIpc) is 2.38. The standard InChI is InChI=1S/C13H9ClFNO2/c14-12-10(5-3-7-16-12)13(17)18-8-9-4-1-2-6-11(9)15/h1-7H,8H2. The van der Waals surface area contributed by atoms with Gasteiger partial charge in [-0.2, -0.15) is 0 Å². The van der Waals surface area contributed by atoms with Crippen molar-refractivity contribution in [1.82, 2.24) is 4.98 Å². The van der Waals surface area contributed by atoms with Crippen LogP contribution < -0.4 is 0 Å². The van der Waals surface area contributed by atoms with Crippen LogP contribution >= 0.6 is 11.6 Å². The van der Waals surface area contributed by atoms with Crippen LogP contribution in [-0.2, 0) is 11.3 Å². The topological polar surface area (TPSA) is 39.2 Å². The number of nitrogens with zero attached hydrogens (tertiary/aromatic N) is 1. The zero-order valence-corrected chi connectivity index (χ0v) is 10.0. The molecule has 0 spiro atoms. The first-order valence-electron chi connectivity index (χ1n) is 5.19. The number of rotatable bonds is 3. The normalized spacial score (nSPS) is 10.1. The van der Waals surface area contributed by atoms with Crippen LogP contribution in [0.5, 0.6) is 0 Å². The van der Waals surface area contributed by atoms with E-state index in [1.54, 1.807) is 24.3 Å². The second-order valence-electron chi connectivity index (χ2n) is 3.51. The molecule has 0 saturated carbocycles. The van der Waals surface area contributed by atoms with Crippen molar-refractivity contribution in [3.63, 3.8) is 0 Å². The third-order valence-electron chi connectivity index (χ3n) is 2.30. The Hall–Kier alpha value is -1.94. The van der Waals surface area contributed by atoms with E-state index in [1.807, 2.05) is 0 Å². The van der Waals surface area contributed by atoms with Crippen molar-refractivity contribution in [3.05, 3.63) is 64.7 Å². The lowest BCUT2D eigenvalue weighted by Crippen LogP contribution is -2.07. The molecule has 0 fully saturated rings. The first-order valence-corrected chi connectivity index (χ1v) is 5.57. The van der Waals surface area contributed by atoms with Crippen LogP contribution in [0.2, 0.25) is 5.15 Å². The van der Waals surface area contributed by atoms with Crippen molar-refractivity contribution in [2.24, 2.45) is 0 Å². The van der Waals surface area contributed by atoms with E-state index in [4.69, 9.17) is 16.3 Å². The van der Waals surface area contributed by atoms with E-state index in [0.717, 1.165) is 0 Å². The number of aromatic nitrogens is 1. The van der Waals surface area contributed by atoms with E-state index >= 15 is 0 Å². The van der Waals surface area contributed by atoms with Crippen LogP contribution in [0.4, 0.5) is 4.39 Å². The number of hydrogen-bond donors (Lipinski definition) is 0. The maximum atomic E-state index is 13.3. The molecule has 0 aliphatic rings. The average molecular weight is 266 g/mol. The molecular formula is C13H9ClFNO2. The molecule has 2 aromatic rings. The van der Waals surface area contributed by atoms with Crippen molar-refractivity contribution in [1.29, 1.82) is 0 Å². The molecule has 0 saturated heterocycles. The molecule has 0 unspecified atom stereocenters. The van der Waals surface area contributed by atoms with Gasteiger partial charge in [0, 0.05) is 11.8 Å². The monoisotopic (exact) mass is 265 g/mol. The maximum Gasteiger partial charge on any atom is 0.341 e. The fourth-order valence-corrected chi connectivity index (χ4v) is 1.57. The van der Waals surface area contributed by atoms with Gasteiger partial charge in [-0.25, -0.2) is 14.2 Å². The highest BCUT2D eigenvalue weighted by atomic mass is 35.5. The van der Waals surface area contributed by atoms with E-state index in [1.165, 1.54) is 18.3 Å². The number of ether oxygens (including phenoxy) is 1. The van der Waals surface area contributed by atoms with Gasteiger partial charge in [0.1, 0.15) is 17.6 Å². The summed E-state index contributed by atoms with van der Waals surface area (Å²) in [7, 11) is 0. The molecular weight excluding hydrogens is 257 g/mol. The van der Waals surface area contributed by atoms with Crippen molar-refractivity contribution >= 4 is 17.6 Å². The number of halogens is 2. The summed E-state index contributed by atoms with van der Waals surface area (Å²) in [4.78, 5) is 15.4. The van der Waals surface area contributed by atoms with E-state index in [0.29, 0.717) is 5.56 Å². The van der Waals surface area contributed by atoms with Crippen LogP contribution in [0.15, 0.2) is 42.6 Å². The lowest BCUT2D eigenvalue weighted by atomic mass is 10.2. The number of carbonyl (C=O) groups excluding carboxylic acids is 1. The molecule has 1 heterocycles. The lowest BCUT2D eigenvalue weighted by molar-refractivity contribution is 0.0468. The summed E-state index contributed by atoms with van der Waals surface area (Å²) in [6.07, 6.45) is 1.47. The van der Waals surface area contributed by atoms with Crippen LogP contribution in [-0.4, -0.2) is 11.0 Å². The van der Waals surface area contributed by atoms with Gasteiger partial charge < -0.3 is 4.74 Å². The SMILES string of the molecule is O=C(OCc1ccccc1F)c1cccnc1Cl. The molecule has 0 atom stereocenters. The molecule has 1 aromatic carbocycles. The van der Waals surface area contributed by atoms with Gasteiger partial charge in [-0.3, -0.25) is 0 Å². The van der Waals surface area contributed by atoms with Gasteiger partial charge in [0.05, 0.1) is 5.56 Å². The molecule has 0 amide bonds. The van der Waals surface area contributed by atoms with E-state index in [9.17, 15) is 9.18 Å². The summed E-state index contributed by atoms with van der Waals surface area (Å²) < 4.78 is 18.3. The Morgan fingerprint density at radius 3 is 2.78 bits per heavy atom. The summed E-state index contributed by atoms with van der Waals surface area (Å²) in [5.74, 6) is -1.04. The number of esters is 1. The van der Waals surface area contributed by atoms with Crippen LogP contribution in [0.1, 0.15) is 15.9 Å². The molecule has 92 valence electrons. The number of benzene rings is 1. The highest BCUT2D eigenvalue weighted by molar-refractivity contribution is 6.32. The third-order valence-corrected chi connectivity index (χ3v) is 2.60. The predicted octanol–water partition coefficient (Wildman–Crippen LogP) is 3.23. The highest BCUT2D eigenvalue weighted by Crippen LogP contribution is 2.14. The summed E-state index contributed by atoms with van der Waals surface area (Å²) in [6.45, 7) is -0.142. The van der Waals surface area contributed by atoms with Gasteiger partial charge in [0.15, 0.2) is 0 Å². The number of hydrogen-bond acceptors (Lipinski definition) is 3. The molecule has 0 aliphatic carbocycles. The lowest BCUT2D eigenvalue weighted by Gasteiger charge is -2.06. The molecule has 0 N–H and O–H groups in total. The number of pyridine rings is 1. The molecule has 18 heavy (non-hydrogen) atoms. The largest absolute Gasteiger partial charge is 0.457 e. The van der Waals surface area contributed by atoms with Crippen LogP contribution in [0.25, 0.3) is 0 Å². The number of carbonyl (C=O) groups is 1. The third kappa shape index (κ3) is 2.84. The second-order valence-corrected chi connectivity index (χ2v) is 3.87. The van der Waals surface area contributed by atoms with Gasteiger partial charge in [0.2, 0.25) is 0 Å². The minimum Gasteiger partial charge on any atom is -0.457 e. The quantitative estimate of drug-likeness (QED) is 0.632. The Labute approximate surface area is 108 Å². The fourth-order valence-electron chi connectivity index (χ4n) is 1.37. The zero-order valence-electron chi connectivity index (χ0n) is 9.27. The Morgan fingerprint density at radius 2 is 2.06 bits per heavy atom. The Bertz CT molecular complexity index is 574. The molecule has 0 aliphatic heterocycles. The Morgan fingerprint density at radius 1 is 1.28 bits per heavy atom. The summed E-state index contributed by atoms with van der Waals surface area (Å²) >= 11 is 5.75. The van der Waals surface area contributed by atoms with E-state index < -0.39 is 11.8 Å². The van der Waals surface area contributed by atoms with Gasteiger partial charge in [-0.1, -0.05) is 29.8 Å². The van der Waals surface area contributed by atoms with Crippen molar-refractivity contribution in [3.8, 4) is 0 Å². The van der Waals surface area contributed by atoms with E-state index in [2.05, 4.69) is 4.98 Å². The summed E-state index contributed by atoms with van der Waals surface area (Å²) in [5, 5.41) is 0.0658. The van der Waals surface area contributed by atoms with Crippen LogP contribution in [0, 0.1) is 5.82 Å². The van der Waals surface area contributed by atoms with Crippen molar-refractivity contribution in [2.75, 3.05) is 0 Å². The first-order chi connectivity index (χ1) is 8.68. The van der Waals surface area contributed by atoms with E-state index in [-0.39, 0.29) is 17.3 Å². The molecule has 3 nitrogen and oxygen atoms in total. The first kappa shape index (κ1) is 12.5. The fraction of sp³-hybridized carbons (Fsp3) is 0.0769. The molecule has 1 aromatic heterocycles. The maximum absolute atomic E-state index is 13.3. The van der Waals surface area contributed by atoms with Gasteiger partial charge in [0.25, 0.3) is 0 Å². The molecule has 2 rings (SSSR count). The summed E-state index contributed by atoms with van der Waals surface area (Å²) in [6, 6.07) is 9.17. The van der Waals surface area contributed by atoms with Crippen molar-refractivity contribution < 1.29 is 13.9 Å². The van der Waals surface area contributed by atoms with Gasteiger partial charge in [-0.15, -0.1) is 0 Å². The minimum atomic E-state index is -0.628. The zero-order chi connectivity index (χ0) is 13.0. The molecule has 5 heteroatoms.